The zero-order valence-electron chi connectivity index (χ0n) is 10.9. The van der Waals surface area contributed by atoms with E-state index in [1.54, 1.807) is 0 Å². The lowest BCUT2D eigenvalue weighted by Crippen LogP contribution is -2.42. The van der Waals surface area contributed by atoms with Gasteiger partial charge in [-0.2, -0.15) is 0 Å². The molecular weight excluding hydrogens is 204 g/mol. The molecule has 96 valence electrons. The maximum absolute atomic E-state index is 5.59. The first-order valence-electron chi connectivity index (χ1n) is 6.43. The molecule has 1 aliphatic rings. The van der Waals surface area contributed by atoms with Crippen LogP contribution in [0.25, 0.3) is 0 Å². The zero-order chi connectivity index (χ0) is 11.8. The Bertz CT molecular complexity index is 172. The Morgan fingerprint density at radius 3 is 2.56 bits per heavy atom. The van der Waals surface area contributed by atoms with E-state index in [0.717, 1.165) is 26.3 Å². The van der Waals surface area contributed by atoms with Crippen LogP contribution in [0.1, 0.15) is 26.7 Å². The van der Waals surface area contributed by atoms with Crippen LogP contribution in [-0.2, 0) is 9.47 Å². The molecule has 1 aliphatic heterocycles. The van der Waals surface area contributed by atoms with Crippen LogP contribution in [0, 0.1) is 0 Å². The summed E-state index contributed by atoms with van der Waals surface area (Å²) in [6.45, 7) is 8.59. The number of hydrogen-bond donors (Lipinski definition) is 1. The second-order valence-corrected chi connectivity index (χ2v) is 4.19. The van der Waals surface area contributed by atoms with Crippen molar-refractivity contribution < 1.29 is 9.47 Å². The third-order valence-electron chi connectivity index (χ3n) is 3.03. The maximum atomic E-state index is 5.59. The molecule has 0 bridgehead atoms. The third-order valence-corrected chi connectivity index (χ3v) is 3.03. The monoisotopic (exact) mass is 230 g/mol. The Hall–Kier alpha value is -0.160. The van der Waals surface area contributed by atoms with Crippen molar-refractivity contribution in [1.82, 2.24) is 10.2 Å². The SMILES string of the molecule is CCOC(CN1CCCC1CNC)OCC. The third kappa shape index (κ3) is 4.37. The van der Waals surface area contributed by atoms with Gasteiger partial charge in [0.2, 0.25) is 0 Å². The molecule has 4 heteroatoms. The average Bonchev–Trinajstić information content (AvgIpc) is 2.67. The number of likely N-dealkylation sites (N-methyl/N-ethyl adjacent to an activating group) is 1. The van der Waals surface area contributed by atoms with Gasteiger partial charge in [0.05, 0.1) is 0 Å². The Morgan fingerprint density at radius 1 is 1.31 bits per heavy atom. The molecular formula is C12H26N2O2. The Balaban J connectivity index is 2.36. The fourth-order valence-electron chi connectivity index (χ4n) is 2.32. The van der Waals surface area contributed by atoms with E-state index in [1.807, 2.05) is 20.9 Å². The number of rotatable bonds is 8. The molecule has 1 atom stereocenters. The Labute approximate surface area is 99.3 Å². The highest BCUT2D eigenvalue weighted by Crippen LogP contribution is 2.17. The van der Waals surface area contributed by atoms with Crippen molar-refractivity contribution in [3.8, 4) is 0 Å². The molecule has 0 aromatic carbocycles. The van der Waals surface area contributed by atoms with E-state index in [1.165, 1.54) is 19.4 Å². The van der Waals surface area contributed by atoms with Gasteiger partial charge >= 0.3 is 0 Å². The summed E-state index contributed by atoms with van der Waals surface area (Å²) in [5.41, 5.74) is 0. The summed E-state index contributed by atoms with van der Waals surface area (Å²) < 4.78 is 11.2. The highest BCUT2D eigenvalue weighted by atomic mass is 16.7. The van der Waals surface area contributed by atoms with Crippen LogP contribution in [0.2, 0.25) is 0 Å². The van der Waals surface area contributed by atoms with Crippen LogP contribution < -0.4 is 5.32 Å². The van der Waals surface area contributed by atoms with Gasteiger partial charge in [0.15, 0.2) is 6.29 Å². The normalized spacial score (nSPS) is 22.1. The average molecular weight is 230 g/mol. The van der Waals surface area contributed by atoms with E-state index in [0.29, 0.717) is 6.04 Å². The second-order valence-electron chi connectivity index (χ2n) is 4.19. The van der Waals surface area contributed by atoms with Gasteiger partial charge in [-0.1, -0.05) is 0 Å². The van der Waals surface area contributed by atoms with Gasteiger partial charge in [-0.15, -0.1) is 0 Å². The largest absolute Gasteiger partial charge is 0.352 e. The van der Waals surface area contributed by atoms with Crippen molar-refractivity contribution in [2.24, 2.45) is 0 Å². The van der Waals surface area contributed by atoms with E-state index in [9.17, 15) is 0 Å². The zero-order valence-corrected chi connectivity index (χ0v) is 10.9. The molecule has 1 N–H and O–H groups in total. The summed E-state index contributed by atoms with van der Waals surface area (Å²) in [5, 5.41) is 3.25. The molecule has 0 aliphatic carbocycles. The molecule has 1 fully saturated rings. The molecule has 0 aromatic heterocycles. The first kappa shape index (κ1) is 13.9. The topological polar surface area (TPSA) is 33.7 Å². The fraction of sp³-hybridized carbons (Fsp3) is 1.00. The quantitative estimate of drug-likeness (QED) is 0.632. The van der Waals surface area contributed by atoms with Gasteiger partial charge in [0, 0.05) is 32.3 Å². The number of hydrogen-bond acceptors (Lipinski definition) is 4. The van der Waals surface area contributed by atoms with Crippen LogP contribution in [0.15, 0.2) is 0 Å². The van der Waals surface area contributed by atoms with Crippen molar-refractivity contribution in [1.29, 1.82) is 0 Å². The lowest BCUT2D eigenvalue weighted by atomic mass is 10.2. The number of nitrogens with one attached hydrogen (secondary N) is 1. The molecule has 1 rings (SSSR count). The summed E-state index contributed by atoms with van der Waals surface area (Å²) in [7, 11) is 2.01. The van der Waals surface area contributed by atoms with Gasteiger partial charge in [-0.3, -0.25) is 4.90 Å². The summed E-state index contributed by atoms with van der Waals surface area (Å²) in [6.07, 6.45) is 2.51. The molecule has 1 heterocycles. The van der Waals surface area contributed by atoms with E-state index in [-0.39, 0.29) is 6.29 Å². The molecule has 16 heavy (non-hydrogen) atoms. The molecule has 1 unspecified atom stereocenters. The molecule has 0 radical (unpaired) electrons. The smallest absolute Gasteiger partial charge is 0.170 e. The van der Waals surface area contributed by atoms with E-state index < -0.39 is 0 Å². The highest BCUT2D eigenvalue weighted by Gasteiger charge is 2.26. The van der Waals surface area contributed by atoms with Crippen LogP contribution in [0.3, 0.4) is 0 Å². The van der Waals surface area contributed by atoms with Crippen LogP contribution in [0.5, 0.6) is 0 Å². The lowest BCUT2D eigenvalue weighted by molar-refractivity contribution is -0.148. The van der Waals surface area contributed by atoms with Crippen molar-refractivity contribution >= 4 is 0 Å². The Kier molecular flexibility index (Phi) is 6.96. The lowest BCUT2D eigenvalue weighted by Gasteiger charge is -2.28. The van der Waals surface area contributed by atoms with Crippen molar-refractivity contribution in [2.45, 2.75) is 39.0 Å². The minimum atomic E-state index is -0.0625. The summed E-state index contributed by atoms with van der Waals surface area (Å²) >= 11 is 0. The van der Waals surface area contributed by atoms with Crippen LogP contribution in [-0.4, -0.2) is 57.1 Å². The maximum Gasteiger partial charge on any atom is 0.170 e. The first-order chi connectivity index (χ1) is 7.81. The predicted octanol–water partition coefficient (Wildman–Crippen LogP) is 1.07. The molecule has 0 aromatic rings. The van der Waals surface area contributed by atoms with Gasteiger partial charge in [-0.05, 0) is 40.3 Å². The summed E-state index contributed by atoms with van der Waals surface area (Å²) in [5.74, 6) is 0. The fourth-order valence-corrected chi connectivity index (χ4v) is 2.32. The van der Waals surface area contributed by atoms with Gasteiger partial charge in [0.25, 0.3) is 0 Å². The second kappa shape index (κ2) is 8.01. The minimum absolute atomic E-state index is 0.0625. The molecule has 4 nitrogen and oxygen atoms in total. The van der Waals surface area contributed by atoms with Gasteiger partial charge in [0.1, 0.15) is 0 Å². The van der Waals surface area contributed by atoms with E-state index >= 15 is 0 Å². The van der Waals surface area contributed by atoms with Crippen molar-refractivity contribution in [2.75, 3.05) is 39.9 Å². The standard InChI is InChI=1S/C12H26N2O2/c1-4-15-12(16-5-2)10-14-8-6-7-11(14)9-13-3/h11-13H,4-10H2,1-3H3. The number of likely N-dealkylation sites (tertiary alicyclic amines) is 1. The van der Waals surface area contributed by atoms with E-state index in [4.69, 9.17) is 9.47 Å². The number of nitrogens with zero attached hydrogens (tertiary/aromatic N) is 1. The van der Waals surface area contributed by atoms with Gasteiger partial charge < -0.3 is 14.8 Å². The summed E-state index contributed by atoms with van der Waals surface area (Å²) in [4.78, 5) is 2.48. The molecule has 0 amide bonds. The van der Waals surface area contributed by atoms with Crippen molar-refractivity contribution in [3.63, 3.8) is 0 Å². The summed E-state index contributed by atoms with van der Waals surface area (Å²) in [6, 6.07) is 0.647. The van der Waals surface area contributed by atoms with Crippen molar-refractivity contribution in [3.05, 3.63) is 0 Å². The first-order valence-corrected chi connectivity index (χ1v) is 6.43. The Morgan fingerprint density at radius 2 is 2.00 bits per heavy atom. The van der Waals surface area contributed by atoms with Gasteiger partial charge in [-0.25, -0.2) is 0 Å². The predicted molar refractivity (Wildman–Crippen MR) is 65.6 cm³/mol. The molecule has 0 saturated carbocycles. The molecule has 1 saturated heterocycles. The molecule has 0 spiro atoms. The highest BCUT2D eigenvalue weighted by molar-refractivity contribution is 4.81. The van der Waals surface area contributed by atoms with Crippen LogP contribution >= 0.6 is 0 Å². The van der Waals surface area contributed by atoms with Crippen LogP contribution in [0.4, 0.5) is 0 Å². The minimum Gasteiger partial charge on any atom is -0.352 e. The van der Waals surface area contributed by atoms with E-state index in [2.05, 4.69) is 10.2 Å². The number of ether oxygens (including phenoxy) is 2.